The van der Waals surface area contributed by atoms with Crippen molar-refractivity contribution in [3.8, 4) is 6.01 Å². The number of ether oxygens (including phenoxy) is 1. The Morgan fingerprint density at radius 3 is 2.67 bits per heavy atom. The van der Waals surface area contributed by atoms with Gasteiger partial charge in [-0.1, -0.05) is 30.3 Å². The minimum absolute atomic E-state index is 0.109. The highest BCUT2D eigenvalue weighted by atomic mass is 16.6. The number of nitrogens with zero attached hydrogens (tertiary/aromatic N) is 3. The summed E-state index contributed by atoms with van der Waals surface area (Å²) in [6.07, 6.45) is 1.16. The standard InChI is InChI=1S/C12H11N3O3/c1-9-11(15(16)17)7-13-12(14-9)18-8-10-5-3-2-4-6-10/h2-7H,8H2,1H3. The molecule has 2 rings (SSSR count). The molecule has 18 heavy (non-hydrogen) atoms. The highest BCUT2D eigenvalue weighted by Crippen LogP contribution is 2.16. The first-order valence-electron chi connectivity index (χ1n) is 5.31. The van der Waals surface area contributed by atoms with Gasteiger partial charge in [0.25, 0.3) is 0 Å². The second kappa shape index (κ2) is 5.22. The molecule has 0 atom stereocenters. The van der Waals surface area contributed by atoms with Crippen LogP contribution in [-0.2, 0) is 6.61 Å². The maximum Gasteiger partial charge on any atom is 0.317 e. The van der Waals surface area contributed by atoms with Crippen LogP contribution >= 0.6 is 0 Å². The minimum Gasteiger partial charge on any atom is -0.459 e. The van der Waals surface area contributed by atoms with E-state index >= 15 is 0 Å². The second-order valence-electron chi connectivity index (χ2n) is 3.65. The first kappa shape index (κ1) is 12.0. The highest BCUT2D eigenvalue weighted by molar-refractivity contribution is 5.31. The molecular weight excluding hydrogens is 234 g/mol. The summed E-state index contributed by atoms with van der Waals surface area (Å²) in [5.41, 5.74) is 1.16. The molecule has 6 nitrogen and oxygen atoms in total. The maximum absolute atomic E-state index is 10.6. The summed E-state index contributed by atoms with van der Waals surface area (Å²) >= 11 is 0. The topological polar surface area (TPSA) is 78.2 Å². The minimum atomic E-state index is -0.518. The predicted octanol–water partition coefficient (Wildman–Crippen LogP) is 2.27. The zero-order chi connectivity index (χ0) is 13.0. The van der Waals surface area contributed by atoms with E-state index in [1.54, 1.807) is 6.92 Å². The Morgan fingerprint density at radius 1 is 1.33 bits per heavy atom. The van der Waals surface area contributed by atoms with Gasteiger partial charge in [0.1, 0.15) is 18.5 Å². The number of benzene rings is 1. The Hall–Kier alpha value is -2.50. The fraction of sp³-hybridized carbons (Fsp3) is 0.167. The third kappa shape index (κ3) is 2.79. The molecule has 0 bridgehead atoms. The third-order valence-electron chi connectivity index (χ3n) is 2.34. The summed E-state index contributed by atoms with van der Waals surface area (Å²) in [7, 11) is 0. The van der Waals surface area contributed by atoms with Crippen LogP contribution in [0.4, 0.5) is 5.69 Å². The van der Waals surface area contributed by atoms with Crippen LogP contribution in [0.2, 0.25) is 0 Å². The molecule has 0 amide bonds. The number of hydrogen-bond acceptors (Lipinski definition) is 5. The SMILES string of the molecule is Cc1nc(OCc2ccccc2)ncc1[N+](=O)[O-]. The van der Waals surface area contributed by atoms with Crippen molar-refractivity contribution in [3.05, 3.63) is 57.9 Å². The van der Waals surface area contributed by atoms with Crippen LogP contribution in [0, 0.1) is 17.0 Å². The van der Waals surface area contributed by atoms with E-state index in [1.807, 2.05) is 30.3 Å². The lowest BCUT2D eigenvalue weighted by atomic mass is 10.2. The molecule has 0 spiro atoms. The highest BCUT2D eigenvalue weighted by Gasteiger charge is 2.13. The van der Waals surface area contributed by atoms with Crippen molar-refractivity contribution in [1.29, 1.82) is 0 Å². The molecule has 1 aromatic heterocycles. The van der Waals surface area contributed by atoms with Gasteiger partial charge in [-0.15, -0.1) is 0 Å². The van der Waals surface area contributed by atoms with Gasteiger partial charge in [0, 0.05) is 0 Å². The normalized spacial score (nSPS) is 10.1. The van der Waals surface area contributed by atoms with E-state index < -0.39 is 4.92 Å². The van der Waals surface area contributed by atoms with Crippen molar-refractivity contribution >= 4 is 5.69 Å². The fourth-order valence-corrected chi connectivity index (χ4v) is 1.41. The molecular formula is C12H11N3O3. The molecule has 0 aliphatic rings. The van der Waals surface area contributed by atoms with E-state index in [2.05, 4.69) is 9.97 Å². The smallest absolute Gasteiger partial charge is 0.317 e. The Morgan fingerprint density at radius 2 is 2.06 bits per heavy atom. The van der Waals surface area contributed by atoms with Crippen LogP contribution in [0.15, 0.2) is 36.5 Å². The van der Waals surface area contributed by atoms with Crippen LogP contribution < -0.4 is 4.74 Å². The Labute approximate surface area is 103 Å². The molecule has 2 aromatic rings. The number of nitro groups is 1. The van der Waals surface area contributed by atoms with Crippen LogP contribution in [0.5, 0.6) is 6.01 Å². The molecule has 1 aromatic carbocycles. The summed E-state index contributed by atoms with van der Waals surface area (Å²) < 4.78 is 5.36. The number of aromatic nitrogens is 2. The molecule has 92 valence electrons. The Balaban J connectivity index is 2.07. The summed E-state index contributed by atoms with van der Waals surface area (Å²) in [4.78, 5) is 17.8. The van der Waals surface area contributed by atoms with Crippen LogP contribution in [0.3, 0.4) is 0 Å². The summed E-state index contributed by atoms with van der Waals surface area (Å²) in [6, 6.07) is 9.69. The van der Waals surface area contributed by atoms with Crippen LogP contribution in [0.25, 0.3) is 0 Å². The van der Waals surface area contributed by atoms with Gasteiger partial charge in [-0.2, -0.15) is 9.97 Å². The van der Waals surface area contributed by atoms with Crippen molar-refractivity contribution in [1.82, 2.24) is 9.97 Å². The van der Waals surface area contributed by atoms with Crippen molar-refractivity contribution in [2.75, 3.05) is 0 Å². The molecule has 0 fully saturated rings. The second-order valence-corrected chi connectivity index (χ2v) is 3.65. The first-order valence-corrected chi connectivity index (χ1v) is 5.31. The first-order chi connectivity index (χ1) is 8.66. The van der Waals surface area contributed by atoms with Gasteiger partial charge in [-0.3, -0.25) is 10.1 Å². The van der Waals surface area contributed by atoms with E-state index in [0.29, 0.717) is 6.61 Å². The van der Waals surface area contributed by atoms with Gasteiger partial charge in [0.15, 0.2) is 0 Å². The Kier molecular flexibility index (Phi) is 3.47. The lowest BCUT2D eigenvalue weighted by Crippen LogP contribution is -2.02. The van der Waals surface area contributed by atoms with Crippen LogP contribution in [-0.4, -0.2) is 14.9 Å². The molecule has 0 radical (unpaired) electrons. The molecule has 0 saturated carbocycles. The average Bonchev–Trinajstić information content (AvgIpc) is 2.37. The number of rotatable bonds is 4. The largest absolute Gasteiger partial charge is 0.459 e. The van der Waals surface area contributed by atoms with Gasteiger partial charge in [-0.25, -0.2) is 0 Å². The fourth-order valence-electron chi connectivity index (χ4n) is 1.41. The quantitative estimate of drug-likeness (QED) is 0.609. The number of aryl methyl sites for hydroxylation is 1. The van der Waals surface area contributed by atoms with Crippen molar-refractivity contribution < 1.29 is 9.66 Å². The van der Waals surface area contributed by atoms with E-state index in [-0.39, 0.29) is 17.4 Å². The van der Waals surface area contributed by atoms with Gasteiger partial charge in [0.05, 0.1) is 4.92 Å². The van der Waals surface area contributed by atoms with Crippen molar-refractivity contribution in [2.24, 2.45) is 0 Å². The average molecular weight is 245 g/mol. The van der Waals surface area contributed by atoms with Gasteiger partial charge < -0.3 is 4.74 Å². The van der Waals surface area contributed by atoms with Crippen molar-refractivity contribution in [2.45, 2.75) is 13.5 Å². The lowest BCUT2D eigenvalue weighted by molar-refractivity contribution is -0.386. The number of hydrogen-bond donors (Lipinski definition) is 0. The monoisotopic (exact) mass is 245 g/mol. The summed E-state index contributed by atoms with van der Waals surface area (Å²) in [5.74, 6) is 0. The third-order valence-corrected chi connectivity index (χ3v) is 2.34. The van der Waals surface area contributed by atoms with Gasteiger partial charge in [-0.05, 0) is 12.5 Å². The summed E-state index contributed by atoms with van der Waals surface area (Å²) in [6.45, 7) is 1.88. The van der Waals surface area contributed by atoms with Gasteiger partial charge >= 0.3 is 11.7 Å². The van der Waals surface area contributed by atoms with E-state index in [9.17, 15) is 10.1 Å². The zero-order valence-corrected chi connectivity index (χ0v) is 9.74. The lowest BCUT2D eigenvalue weighted by Gasteiger charge is -2.04. The molecule has 0 aliphatic heterocycles. The molecule has 0 aliphatic carbocycles. The molecule has 0 saturated heterocycles. The molecule has 1 heterocycles. The van der Waals surface area contributed by atoms with Crippen molar-refractivity contribution in [3.63, 3.8) is 0 Å². The Bertz CT molecular complexity index is 558. The maximum atomic E-state index is 10.6. The molecule has 6 heteroatoms. The summed E-state index contributed by atoms with van der Waals surface area (Å²) in [5, 5.41) is 10.6. The van der Waals surface area contributed by atoms with Gasteiger partial charge in [0.2, 0.25) is 0 Å². The van der Waals surface area contributed by atoms with E-state index in [1.165, 1.54) is 0 Å². The zero-order valence-electron chi connectivity index (χ0n) is 9.74. The molecule has 0 unspecified atom stereocenters. The van der Waals surface area contributed by atoms with E-state index in [4.69, 9.17) is 4.74 Å². The van der Waals surface area contributed by atoms with E-state index in [0.717, 1.165) is 11.8 Å². The molecule has 0 N–H and O–H groups in total. The van der Waals surface area contributed by atoms with Crippen LogP contribution in [0.1, 0.15) is 11.3 Å². The predicted molar refractivity (Wildman–Crippen MR) is 64.2 cm³/mol.